The number of nitrogens with zero attached hydrogens (tertiary/aromatic N) is 3. The van der Waals surface area contributed by atoms with E-state index in [0.717, 1.165) is 32.9 Å². The van der Waals surface area contributed by atoms with Crippen LogP contribution in [0.1, 0.15) is 27.0 Å². The van der Waals surface area contributed by atoms with E-state index in [2.05, 4.69) is 4.90 Å². The second-order valence-corrected chi connectivity index (χ2v) is 9.84. The zero-order valence-electron chi connectivity index (χ0n) is 19.7. The fourth-order valence-electron chi connectivity index (χ4n) is 4.59. The predicted molar refractivity (Wildman–Crippen MR) is 140 cm³/mol. The molecule has 9 heteroatoms. The van der Waals surface area contributed by atoms with Gasteiger partial charge in [-0.2, -0.15) is 0 Å². The normalized spacial score (nSPS) is 14.9. The van der Waals surface area contributed by atoms with Crippen molar-refractivity contribution in [2.24, 2.45) is 0 Å². The molecule has 0 unspecified atom stereocenters. The van der Waals surface area contributed by atoms with Crippen LogP contribution in [0, 0.1) is 0 Å². The zero-order chi connectivity index (χ0) is 24.8. The van der Waals surface area contributed by atoms with Crippen molar-refractivity contribution < 1.29 is 19.1 Å². The number of anilines is 2. The van der Waals surface area contributed by atoms with Gasteiger partial charge >= 0.3 is 0 Å². The Morgan fingerprint density at radius 3 is 2.44 bits per heavy atom. The third-order valence-electron chi connectivity index (χ3n) is 6.66. The van der Waals surface area contributed by atoms with Crippen molar-refractivity contribution in [2.75, 3.05) is 43.6 Å². The number of hydrogen-bond donors (Lipinski definition) is 1. The van der Waals surface area contributed by atoms with Gasteiger partial charge in [-0.05, 0) is 61.5 Å². The number of amides is 1. The average Bonchev–Trinajstić information content (AvgIpc) is 3.52. The van der Waals surface area contributed by atoms with Gasteiger partial charge in [-0.3, -0.25) is 9.59 Å². The summed E-state index contributed by atoms with van der Waals surface area (Å²) in [6.45, 7) is 4.39. The summed E-state index contributed by atoms with van der Waals surface area (Å²) in [5.41, 5.74) is 10.3. The number of rotatable bonds is 4. The number of ketones is 1. The highest BCUT2D eigenvalue weighted by Crippen LogP contribution is 2.38. The summed E-state index contributed by atoms with van der Waals surface area (Å²) in [6, 6.07) is 17.2. The minimum absolute atomic E-state index is 0.0513. The molecule has 0 saturated carbocycles. The van der Waals surface area contributed by atoms with Crippen LogP contribution in [0.5, 0.6) is 11.5 Å². The van der Waals surface area contributed by atoms with Crippen molar-refractivity contribution in [3.63, 3.8) is 0 Å². The van der Waals surface area contributed by atoms with E-state index in [1.54, 1.807) is 6.92 Å². The van der Waals surface area contributed by atoms with Gasteiger partial charge in [0.05, 0.1) is 11.4 Å². The standard InChI is InChI=1S/C27H24N4O4S/c1-16(32)17-2-5-19(6-3-17)30-10-12-31(13-11-30)27(33)25-24(28)20-7-8-21(29-26(20)36-25)18-4-9-22-23(14-18)35-15-34-22/h2-9,14H,10-13,15,28H2,1H3. The molecule has 0 atom stereocenters. The van der Waals surface area contributed by atoms with Gasteiger partial charge in [0.1, 0.15) is 9.71 Å². The lowest BCUT2D eigenvalue weighted by atomic mass is 10.1. The van der Waals surface area contributed by atoms with E-state index in [9.17, 15) is 9.59 Å². The molecule has 0 aliphatic carbocycles. The molecular formula is C27H24N4O4S. The Hall–Kier alpha value is -4.11. The van der Waals surface area contributed by atoms with Gasteiger partial charge in [0, 0.05) is 48.4 Å². The molecule has 2 aromatic heterocycles. The first kappa shape index (κ1) is 22.4. The first-order valence-corrected chi connectivity index (χ1v) is 12.5. The fraction of sp³-hybridized carbons (Fsp3) is 0.222. The number of thiophene rings is 1. The predicted octanol–water partition coefficient (Wildman–Crippen LogP) is 4.44. The molecule has 0 bridgehead atoms. The van der Waals surface area contributed by atoms with E-state index in [1.165, 1.54) is 11.3 Å². The van der Waals surface area contributed by atoms with Gasteiger partial charge in [0.2, 0.25) is 6.79 Å². The number of aromatic nitrogens is 1. The molecule has 182 valence electrons. The minimum Gasteiger partial charge on any atom is -0.454 e. The Morgan fingerprint density at radius 2 is 1.69 bits per heavy atom. The molecule has 1 fully saturated rings. The molecule has 2 N–H and O–H groups in total. The Labute approximate surface area is 211 Å². The van der Waals surface area contributed by atoms with Gasteiger partial charge in [0.25, 0.3) is 5.91 Å². The molecule has 2 aromatic carbocycles. The number of carbonyl (C=O) groups excluding carboxylic acids is 2. The fourth-order valence-corrected chi connectivity index (χ4v) is 5.65. The maximum absolute atomic E-state index is 13.4. The van der Waals surface area contributed by atoms with Crippen molar-refractivity contribution in [1.82, 2.24) is 9.88 Å². The minimum atomic E-state index is -0.0632. The summed E-state index contributed by atoms with van der Waals surface area (Å²) in [5.74, 6) is 1.41. The number of ether oxygens (including phenoxy) is 2. The maximum atomic E-state index is 13.4. The number of nitrogens with two attached hydrogens (primary N) is 1. The van der Waals surface area contributed by atoms with Gasteiger partial charge in [-0.25, -0.2) is 4.98 Å². The summed E-state index contributed by atoms with van der Waals surface area (Å²) < 4.78 is 10.9. The summed E-state index contributed by atoms with van der Waals surface area (Å²) in [4.78, 5) is 35.0. The first-order chi connectivity index (χ1) is 17.5. The van der Waals surface area contributed by atoms with Crippen LogP contribution >= 0.6 is 11.3 Å². The number of pyridine rings is 1. The van der Waals surface area contributed by atoms with Crippen molar-refractivity contribution in [1.29, 1.82) is 0 Å². The van der Waals surface area contributed by atoms with E-state index in [0.29, 0.717) is 48.1 Å². The van der Waals surface area contributed by atoms with Crippen molar-refractivity contribution in [2.45, 2.75) is 6.92 Å². The highest BCUT2D eigenvalue weighted by atomic mass is 32.1. The lowest BCUT2D eigenvalue weighted by Gasteiger charge is -2.36. The second-order valence-electron chi connectivity index (χ2n) is 8.84. The number of carbonyl (C=O) groups is 2. The van der Waals surface area contributed by atoms with Gasteiger partial charge < -0.3 is 25.0 Å². The number of Topliss-reactive ketones (excluding diaryl/α,β-unsaturated/α-hetero) is 1. The number of nitrogen functional groups attached to an aromatic ring is 1. The van der Waals surface area contributed by atoms with Crippen molar-refractivity contribution in [3.05, 3.63) is 65.0 Å². The van der Waals surface area contributed by atoms with E-state index in [4.69, 9.17) is 20.2 Å². The number of fused-ring (bicyclic) bond motifs is 2. The zero-order valence-corrected chi connectivity index (χ0v) is 20.5. The highest BCUT2D eigenvalue weighted by Gasteiger charge is 2.26. The Kier molecular flexibility index (Phi) is 5.49. The molecular weight excluding hydrogens is 476 g/mol. The lowest BCUT2D eigenvalue weighted by molar-refractivity contribution is 0.0752. The quantitative estimate of drug-likeness (QED) is 0.414. The molecule has 0 radical (unpaired) electrons. The summed E-state index contributed by atoms with van der Waals surface area (Å²) in [5, 5.41) is 0.789. The molecule has 2 aliphatic heterocycles. The Balaban J connectivity index is 1.19. The van der Waals surface area contributed by atoms with Crippen LogP contribution in [0.4, 0.5) is 11.4 Å². The number of benzene rings is 2. The molecule has 6 rings (SSSR count). The molecule has 4 heterocycles. The molecule has 2 aliphatic rings. The molecule has 4 aromatic rings. The molecule has 8 nitrogen and oxygen atoms in total. The van der Waals surface area contributed by atoms with Crippen LogP contribution in [-0.4, -0.2) is 54.5 Å². The number of piperazine rings is 1. The van der Waals surface area contributed by atoms with Crippen molar-refractivity contribution in [3.8, 4) is 22.8 Å². The van der Waals surface area contributed by atoms with Gasteiger partial charge in [-0.1, -0.05) is 0 Å². The summed E-state index contributed by atoms with van der Waals surface area (Å²) in [7, 11) is 0. The van der Waals surface area contributed by atoms with E-state index in [-0.39, 0.29) is 18.5 Å². The van der Waals surface area contributed by atoms with Crippen LogP contribution in [0.2, 0.25) is 0 Å². The van der Waals surface area contributed by atoms with Crippen LogP contribution in [-0.2, 0) is 0 Å². The molecule has 1 saturated heterocycles. The van der Waals surface area contributed by atoms with E-state index >= 15 is 0 Å². The van der Waals surface area contributed by atoms with Crippen LogP contribution < -0.4 is 20.1 Å². The van der Waals surface area contributed by atoms with Crippen molar-refractivity contribution >= 4 is 44.6 Å². The molecule has 36 heavy (non-hydrogen) atoms. The summed E-state index contributed by atoms with van der Waals surface area (Å²) >= 11 is 1.33. The Bertz CT molecular complexity index is 1490. The molecule has 1 amide bonds. The highest BCUT2D eigenvalue weighted by molar-refractivity contribution is 7.21. The summed E-state index contributed by atoms with van der Waals surface area (Å²) in [6.07, 6.45) is 0. The van der Waals surface area contributed by atoms with E-state index < -0.39 is 0 Å². The monoisotopic (exact) mass is 500 g/mol. The smallest absolute Gasteiger partial charge is 0.266 e. The van der Waals surface area contributed by atoms with Crippen LogP contribution in [0.25, 0.3) is 21.5 Å². The third kappa shape index (κ3) is 3.91. The first-order valence-electron chi connectivity index (χ1n) is 11.7. The van der Waals surface area contributed by atoms with Crippen LogP contribution in [0.3, 0.4) is 0 Å². The average molecular weight is 501 g/mol. The lowest BCUT2D eigenvalue weighted by Crippen LogP contribution is -2.48. The third-order valence-corrected chi connectivity index (χ3v) is 7.77. The maximum Gasteiger partial charge on any atom is 0.266 e. The SMILES string of the molecule is CC(=O)c1ccc(N2CCN(C(=O)c3sc4nc(-c5ccc6c(c5)OCO6)ccc4c3N)CC2)cc1. The largest absolute Gasteiger partial charge is 0.454 e. The Morgan fingerprint density at radius 1 is 0.944 bits per heavy atom. The topological polar surface area (TPSA) is 98.0 Å². The number of hydrogen-bond acceptors (Lipinski definition) is 8. The second kappa shape index (κ2) is 8.83. The van der Waals surface area contributed by atoms with Gasteiger partial charge in [0.15, 0.2) is 17.3 Å². The van der Waals surface area contributed by atoms with E-state index in [1.807, 2.05) is 59.5 Å². The van der Waals surface area contributed by atoms with Gasteiger partial charge in [-0.15, -0.1) is 11.3 Å². The molecule has 0 spiro atoms. The van der Waals surface area contributed by atoms with Crippen LogP contribution in [0.15, 0.2) is 54.6 Å².